The maximum atomic E-state index is 14.0. The van der Waals surface area contributed by atoms with Gasteiger partial charge in [0.05, 0.1) is 5.75 Å². The van der Waals surface area contributed by atoms with E-state index in [0.29, 0.717) is 36.6 Å². The average Bonchev–Trinajstić information content (AvgIpc) is 3.09. The summed E-state index contributed by atoms with van der Waals surface area (Å²) in [6.45, 7) is 2.57. The van der Waals surface area contributed by atoms with Crippen LogP contribution in [-0.2, 0) is 9.53 Å². The summed E-state index contributed by atoms with van der Waals surface area (Å²) in [6, 6.07) is 6.72. The van der Waals surface area contributed by atoms with Gasteiger partial charge in [0.1, 0.15) is 6.04 Å². The minimum absolute atomic E-state index is 0.0480. The van der Waals surface area contributed by atoms with Gasteiger partial charge in [0.15, 0.2) is 0 Å². The number of ether oxygens (including phenoxy) is 1. The van der Waals surface area contributed by atoms with Crippen LogP contribution < -0.4 is 16.0 Å². The highest BCUT2D eigenvalue weighted by Gasteiger charge is 2.41. The van der Waals surface area contributed by atoms with Crippen LogP contribution in [-0.4, -0.2) is 86.7 Å². The van der Waals surface area contributed by atoms with E-state index in [2.05, 4.69) is 16.0 Å². The second-order valence-electron chi connectivity index (χ2n) is 12.5. The number of nitrogens with zero attached hydrogens (tertiary/aromatic N) is 1. The zero-order valence-corrected chi connectivity index (χ0v) is 25.8. The third-order valence-corrected chi connectivity index (χ3v) is 12.1. The lowest BCUT2D eigenvalue weighted by atomic mass is 9.76. The van der Waals surface area contributed by atoms with E-state index in [1.807, 2.05) is 16.4 Å². The summed E-state index contributed by atoms with van der Waals surface area (Å²) in [4.78, 5) is 26.0. The summed E-state index contributed by atoms with van der Waals surface area (Å²) in [6.07, 6.45) is 7.68. The summed E-state index contributed by atoms with van der Waals surface area (Å²) in [5.74, 6) is 0.129. The Morgan fingerprint density at radius 3 is 2.52 bits per heavy atom. The van der Waals surface area contributed by atoms with Crippen LogP contribution >= 0.6 is 22.4 Å². The van der Waals surface area contributed by atoms with Crippen molar-refractivity contribution in [2.45, 2.75) is 94.3 Å². The maximum absolute atomic E-state index is 14.0. The second-order valence-corrected chi connectivity index (χ2v) is 15.1. The third kappa shape index (κ3) is 7.91. The molecule has 1 saturated carbocycles. The first-order valence-corrected chi connectivity index (χ1v) is 17.7. The van der Waals surface area contributed by atoms with Crippen LogP contribution in [0.3, 0.4) is 0 Å². The van der Waals surface area contributed by atoms with Crippen molar-refractivity contribution < 1.29 is 28.5 Å². The summed E-state index contributed by atoms with van der Waals surface area (Å²) in [5, 5.41) is 19.9. The normalized spacial score (nSPS) is 32.1. The Labute approximate surface area is 255 Å². The van der Waals surface area contributed by atoms with Crippen molar-refractivity contribution in [3.05, 3.63) is 34.9 Å². The number of benzene rings is 1. The first-order valence-electron chi connectivity index (χ1n) is 15.6. The lowest BCUT2D eigenvalue weighted by Crippen LogP contribution is -2.56. The topological polar surface area (TPSA) is 143 Å². The fraction of sp³-hybridized carbons (Fsp3) is 0.733. The Hall–Kier alpha value is -1.60. The second kappa shape index (κ2) is 14.5. The lowest BCUT2D eigenvalue weighted by molar-refractivity contribution is -0.125. The standard InChI is InChI=1S/C30H47ClN4O6S/c31-23-10-7-21(8-11-23)27(22-13-15-41-16-14-22)28(34-30(37)38)29(36)33-26-6-2-1-4-20(26)9-12-25-18-32-24-5-3-17-42(39,40)35(25)19-24/h7-8,10-11,20,22,24-28,32,34,39-40H,1-6,9,12-19H2,(H,33,36)(H,37,38)/t20-,24?,25?,26-,27+,28-/m1/s1. The molecule has 5 rings (SSSR count). The van der Waals surface area contributed by atoms with Crippen molar-refractivity contribution in [2.75, 3.05) is 32.1 Å². The Morgan fingerprint density at radius 1 is 1.05 bits per heavy atom. The molecule has 3 saturated heterocycles. The van der Waals surface area contributed by atoms with E-state index in [-0.39, 0.29) is 35.7 Å². The van der Waals surface area contributed by atoms with Gasteiger partial charge >= 0.3 is 6.09 Å². The smallest absolute Gasteiger partial charge is 0.405 e. The first kappa shape index (κ1) is 31.8. The van der Waals surface area contributed by atoms with Gasteiger partial charge in [0, 0.05) is 55.4 Å². The maximum Gasteiger partial charge on any atom is 0.405 e. The number of amides is 2. The molecule has 42 heavy (non-hydrogen) atoms. The molecule has 0 radical (unpaired) electrons. The van der Waals surface area contributed by atoms with Crippen molar-refractivity contribution in [1.82, 2.24) is 20.3 Å². The number of piperazine rings is 1. The van der Waals surface area contributed by atoms with E-state index in [1.165, 1.54) is 0 Å². The van der Waals surface area contributed by atoms with Gasteiger partial charge in [-0.3, -0.25) is 13.9 Å². The van der Waals surface area contributed by atoms with Crippen molar-refractivity contribution in [1.29, 1.82) is 0 Å². The lowest BCUT2D eigenvalue weighted by Gasteiger charge is -2.49. The summed E-state index contributed by atoms with van der Waals surface area (Å²) < 4.78 is 29.3. The molecule has 2 amide bonds. The van der Waals surface area contributed by atoms with Gasteiger partial charge in [0.2, 0.25) is 5.91 Å². The third-order valence-electron chi connectivity index (χ3n) is 9.85. The summed E-state index contributed by atoms with van der Waals surface area (Å²) >= 11 is 6.17. The summed E-state index contributed by atoms with van der Waals surface area (Å²) in [5.41, 5.74) is 0.889. The van der Waals surface area contributed by atoms with Crippen molar-refractivity contribution in [3.63, 3.8) is 0 Å². The number of hydrogen-bond donors (Lipinski definition) is 6. The molecule has 1 aromatic rings. The quantitative estimate of drug-likeness (QED) is 0.224. The molecule has 1 aliphatic carbocycles. The first-order chi connectivity index (χ1) is 20.2. The van der Waals surface area contributed by atoms with E-state index >= 15 is 0 Å². The molecule has 3 heterocycles. The molecule has 1 aromatic carbocycles. The molecule has 6 N–H and O–H groups in total. The largest absolute Gasteiger partial charge is 0.465 e. The van der Waals surface area contributed by atoms with Gasteiger partial charge in [-0.05, 0) is 80.9 Å². The zero-order valence-electron chi connectivity index (χ0n) is 24.3. The molecular formula is C30H47ClN4O6S. The van der Waals surface area contributed by atoms with Crippen LogP contribution in [0.5, 0.6) is 0 Å². The van der Waals surface area contributed by atoms with Gasteiger partial charge in [-0.15, -0.1) is 10.8 Å². The van der Waals surface area contributed by atoms with E-state index in [9.17, 15) is 23.8 Å². The molecule has 4 fully saturated rings. The summed E-state index contributed by atoms with van der Waals surface area (Å²) in [7, 11) is -2.76. The highest BCUT2D eigenvalue weighted by atomic mass is 35.5. The molecule has 2 bridgehead atoms. The van der Waals surface area contributed by atoms with Crippen LogP contribution in [0.2, 0.25) is 5.02 Å². The fourth-order valence-electron chi connectivity index (χ4n) is 7.64. The number of nitrogens with one attached hydrogen (secondary N) is 3. The predicted octanol–water partition coefficient (Wildman–Crippen LogP) is 5.04. The molecule has 7 atom stereocenters. The molecule has 10 nitrogen and oxygen atoms in total. The van der Waals surface area contributed by atoms with E-state index in [0.717, 1.165) is 76.3 Å². The van der Waals surface area contributed by atoms with Gasteiger partial charge in [-0.2, -0.15) is 0 Å². The van der Waals surface area contributed by atoms with Crippen LogP contribution in [0.4, 0.5) is 4.79 Å². The molecule has 236 valence electrons. The Kier molecular flexibility index (Phi) is 10.9. The van der Waals surface area contributed by atoms with Crippen LogP contribution in [0, 0.1) is 11.8 Å². The number of rotatable bonds is 9. The van der Waals surface area contributed by atoms with Crippen molar-refractivity contribution in [3.8, 4) is 0 Å². The Bertz CT molecular complexity index is 1060. The van der Waals surface area contributed by atoms with Gasteiger partial charge in [-0.25, -0.2) is 9.10 Å². The SMILES string of the molecule is O=C(O)N[C@@H](C(=O)N[C@@H]1CCCC[C@@H]1CCC1CNC2CCCS(O)(O)N1C2)[C@@H](c1ccc(Cl)cc1)C1CCOCC1. The minimum Gasteiger partial charge on any atom is -0.465 e. The number of hydrogen-bond acceptors (Lipinski definition) is 7. The van der Waals surface area contributed by atoms with Crippen molar-refractivity contribution in [2.24, 2.45) is 11.8 Å². The van der Waals surface area contributed by atoms with E-state index in [1.54, 1.807) is 12.1 Å². The number of halogens is 1. The van der Waals surface area contributed by atoms with E-state index in [4.69, 9.17) is 16.3 Å². The highest BCUT2D eigenvalue weighted by molar-refractivity contribution is 8.22. The molecule has 3 aliphatic heterocycles. The monoisotopic (exact) mass is 626 g/mol. The van der Waals surface area contributed by atoms with Crippen LogP contribution in [0.15, 0.2) is 24.3 Å². The van der Waals surface area contributed by atoms with Gasteiger partial charge < -0.3 is 25.8 Å². The minimum atomic E-state index is -2.76. The van der Waals surface area contributed by atoms with Crippen LogP contribution in [0.1, 0.15) is 75.7 Å². The molecule has 4 aliphatic rings. The average molecular weight is 627 g/mol. The number of carbonyl (C=O) groups is 2. The Balaban J connectivity index is 1.30. The number of carboxylic acid groups (broad SMARTS) is 1. The van der Waals surface area contributed by atoms with Crippen molar-refractivity contribution >= 4 is 34.4 Å². The highest BCUT2D eigenvalue weighted by Crippen LogP contribution is 2.49. The van der Waals surface area contributed by atoms with Gasteiger partial charge in [-0.1, -0.05) is 36.6 Å². The predicted molar refractivity (Wildman–Crippen MR) is 165 cm³/mol. The van der Waals surface area contributed by atoms with Gasteiger partial charge in [0.25, 0.3) is 0 Å². The number of fused-ring (bicyclic) bond motifs is 2. The number of carbonyl (C=O) groups excluding carboxylic acids is 1. The molecule has 0 spiro atoms. The fourth-order valence-corrected chi connectivity index (χ4v) is 9.63. The van der Waals surface area contributed by atoms with Crippen LogP contribution in [0.25, 0.3) is 0 Å². The molecule has 12 heteroatoms. The zero-order chi connectivity index (χ0) is 29.7. The molecular weight excluding hydrogens is 580 g/mol. The Morgan fingerprint density at radius 2 is 1.79 bits per heavy atom. The molecule has 0 aromatic heterocycles. The molecule has 3 unspecified atom stereocenters. The van der Waals surface area contributed by atoms with E-state index < -0.39 is 22.9 Å².